The van der Waals surface area contributed by atoms with E-state index < -0.39 is 12.1 Å². The fourth-order valence-electron chi connectivity index (χ4n) is 5.61. The SMILES string of the molecule is CC(=O)[C@H]1N(C(=O)C(NC(=O)O)C(C)C2CCCCC2C)CCC12CC2. The molecule has 0 radical (unpaired) electrons. The van der Waals surface area contributed by atoms with Crippen LogP contribution in [0.4, 0.5) is 4.79 Å². The highest BCUT2D eigenvalue weighted by atomic mass is 16.4. The molecule has 0 bridgehead atoms. The quantitative estimate of drug-likeness (QED) is 0.785. The van der Waals surface area contributed by atoms with E-state index in [1.807, 2.05) is 6.92 Å². The second-order valence-corrected chi connectivity index (χ2v) is 8.87. The van der Waals surface area contributed by atoms with Crippen LogP contribution >= 0.6 is 0 Å². The van der Waals surface area contributed by atoms with Crippen LogP contribution in [-0.2, 0) is 9.59 Å². The predicted octanol–water partition coefficient (Wildman–Crippen LogP) is 3.06. The molecule has 26 heavy (non-hydrogen) atoms. The van der Waals surface area contributed by atoms with E-state index in [2.05, 4.69) is 12.2 Å². The first-order chi connectivity index (χ1) is 12.3. The molecular formula is C20H32N2O4. The van der Waals surface area contributed by atoms with Crippen LogP contribution in [-0.4, -0.2) is 46.4 Å². The standard InChI is InChI=1S/C20H32N2O4/c1-12-6-4-5-7-15(12)13(2)16(21-19(25)26)18(24)22-11-10-20(8-9-20)17(22)14(3)23/h12-13,15-17,21H,4-11H2,1-3H3,(H,25,26)/t12?,13?,15?,16?,17-/m1/s1. The Morgan fingerprint density at radius 1 is 1.15 bits per heavy atom. The Hall–Kier alpha value is -1.59. The molecule has 146 valence electrons. The predicted molar refractivity (Wildman–Crippen MR) is 97.7 cm³/mol. The van der Waals surface area contributed by atoms with Crippen LogP contribution in [0.15, 0.2) is 0 Å². The Labute approximate surface area is 155 Å². The summed E-state index contributed by atoms with van der Waals surface area (Å²) in [5, 5.41) is 11.8. The highest BCUT2D eigenvalue weighted by molar-refractivity contribution is 5.92. The third-order valence-electron chi connectivity index (χ3n) is 7.23. The molecule has 2 N–H and O–H groups in total. The first-order valence-corrected chi connectivity index (χ1v) is 10.1. The van der Waals surface area contributed by atoms with Crippen LogP contribution in [0.3, 0.4) is 0 Å². The van der Waals surface area contributed by atoms with Gasteiger partial charge in [-0.05, 0) is 55.8 Å². The van der Waals surface area contributed by atoms with Crippen molar-refractivity contribution in [3.63, 3.8) is 0 Å². The monoisotopic (exact) mass is 364 g/mol. The van der Waals surface area contributed by atoms with Gasteiger partial charge in [0.1, 0.15) is 6.04 Å². The van der Waals surface area contributed by atoms with Gasteiger partial charge < -0.3 is 15.3 Å². The zero-order valence-corrected chi connectivity index (χ0v) is 16.2. The van der Waals surface area contributed by atoms with Crippen molar-refractivity contribution in [1.29, 1.82) is 0 Å². The topological polar surface area (TPSA) is 86.7 Å². The number of carbonyl (C=O) groups excluding carboxylic acids is 2. The maximum absolute atomic E-state index is 13.4. The summed E-state index contributed by atoms with van der Waals surface area (Å²) < 4.78 is 0. The molecule has 4 unspecified atom stereocenters. The van der Waals surface area contributed by atoms with Crippen LogP contribution in [0.1, 0.15) is 65.7 Å². The van der Waals surface area contributed by atoms with E-state index in [1.54, 1.807) is 11.8 Å². The summed E-state index contributed by atoms with van der Waals surface area (Å²) in [4.78, 5) is 38.7. The maximum Gasteiger partial charge on any atom is 0.405 e. The number of amides is 2. The van der Waals surface area contributed by atoms with Gasteiger partial charge in [-0.25, -0.2) is 4.79 Å². The molecule has 3 fully saturated rings. The lowest BCUT2D eigenvalue weighted by molar-refractivity contribution is -0.141. The van der Waals surface area contributed by atoms with E-state index in [4.69, 9.17) is 0 Å². The highest BCUT2D eigenvalue weighted by Crippen LogP contribution is 2.57. The zero-order valence-electron chi connectivity index (χ0n) is 16.2. The third kappa shape index (κ3) is 3.47. The van der Waals surface area contributed by atoms with E-state index in [0.717, 1.165) is 38.5 Å². The first kappa shape index (κ1) is 19.2. The van der Waals surface area contributed by atoms with E-state index in [0.29, 0.717) is 18.4 Å². The molecule has 1 heterocycles. The molecule has 1 saturated heterocycles. The summed E-state index contributed by atoms with van der Waals surface area (Å²) in [6.45, 7) is 6.32. The molecule has 2 saturated carbocycles. The summed E-state index contributed by atoms with van der Waals surface area (Å²) in [5.74, 6) is 0.569. The van der Waals surface area contributed by atoms with Gasteiger partial charge in [-0.3, -0.25) is 9.59 Å². The molecule has 3 rings (SSSR count). The Morgan fingerprint density at radius 2 is 1.81 bits per heavy atom. The van der Waals surface area contributed by atoms with Gasteiger partial charge in [0.05, 0.1) is 6.04 Å². The molecule has 6 nitrogen and oxygen atoms in total. The number of rotatable bonds is 5. The average molecular weight is 364 g/mol. The van der Waals surface area contributed by atoms with Crippen LogP contribution in [0, 0.1) is 23.2 Å². The molecule has 1 spiro atoms. The molecule has 2 aliphatic carbocycles. The number of hydrogen-bond acceptors (Lipinski definition) is 3. The fourth-order valence-corrected chi connectivity index (χ4v) is 5.61. The van der Waals surface area contributed by atoms with Gasteiger partial charge in [-0.15, -0.1) is 0 Å². The minimum atomic E-state index is -1.17. The number of carboxylic acid groups (broad SMARTS) is 1. The largest absolute Gasteiger partial charge is 0.465 e. The Morgan fingerprint density at radius 3 is 2.35 bits per heavy atom. The molecule has 2 amide bonds. The zero-order chi connectivity index (χ0) is 19.1. The van der Waals surface area contributed by atoms with Crippen LogP contribution in [0.2, 0.25) is 0 Å². The fraction of sp³-hybridized carbons (Fsp3) is 0.850. The number of nitrogens with one attached hydrogen (secondary N) is 1. The smallest absolute Gasteiger partial charge is 0.405 e. The van der Waals surface area contributed by atoms with Gasteiger partial charge in [-0.2, -0.15) is 0 Å². The van der Waals surface area contributed by atoms with Crippen LogP contribution < -0.4 is 5.32 Å². The van der Waals surface area contributed by atoms with Crippen molar-refractivity contribution in [2.45, 2.75) is 77.8 Å². The molecule has 6 heteroatoms. The lowest BCUT2D eigenvalue weighted by atomic mass is 9.71. The summed E-state index contributed by atoms with van der Waals surface area (Å²) in [6, 6.07) is -1.14. The molecular weight excluding hydrogens is 332 g/mol. The Bertz CT molecular complexity index is 586. The average Bonchev–Trinajstić information content (AvgIpc) is 3.24. The van der Waals surface area contributed by atoms with E-state index >= 15 is 0 Å². The van der Waals surface area contributed by atoms with Crippen molar-refractivity contribution in [3.05, 3.63) is 0 Å². The minimum Gasteiger partial charge on any atom is -0.465 e. The van der Waals surface area contributed by atoms with Crippen molar-refractivity contribution in [2.75, 3.05) is 6.54 Å². The molecule has 1 aliphatic heterocycles. The molecule has 0 aromatic carbocycles. The number of Topliss-reactive ketones (excluding diaryl/α,β-unsaturated/α-hetero) is 1. The Balaban J connectivity index is 1.81. The Kier molecular flexibility index (Phi) is 5.31. The molecule has 3 aliphatic rings. The van der Waals surface area contributed by atoms with Gasteiger partial charge >= 0.3 is 6.09 Å². The van der Waals surface area contributed by atoms with E-state index in [-0.39, 0.29) is 29.1 Å². The third-order valence-corrected chi connectivity index (χ3v) is 7.23. The van der Waals surface area contributed by atoms with Crippen molar-refractivity contribution in [3.8, 4) is 0 Å². The summed E-state index contributed by atoms with van der Waals surface area (Å²) >= 11 is 0. The van der Waals surface area contributed by atoms with Crippen molar-refractivity contribution in [2.24, 2.45) is 23.2 Å². The number of nitrogens with zero attached hydrogens (tertiary/aromatic N) is 1. The van der Waals surface area contributed by atoms with E-state index in [1.165, 1.54) is 6.42 Å². The maximum atomic E-state index is 13.4. The van der Waals surface area contributed by atoms with Gasteiger partial charge in [-0.1, -0.05) is 33.1 Å². The van der Waals surface area contributed by atoms with Gasteiger partial charge in [0.2, 0.25) is 5.91 Å². The molecule has 0 aromatic rings. The van der Waals surface area contributed by atoms with Crippen LogP contribution in [0.25, 0.3) is 0 Å². The number of likely N-dealkylation sites (tertiary alicyclic amines) is 1. The molecule has 5 atom stereocenters. The summed E-state index contributed by atoms with van der Waals surface area (Å²) in [6.07, 6.45) is 6.18. The highest BCUT2D eigenvalue weighted by Gasteiger charge is 2.59. The van der Waals surface area contributed by atoms with Gasteiger partial charge in [0, 0.05) is 6.54 Å². The second kappa shape index (κ2) is 7.20. The van der Waals surface area contributed by atoms with Crippen molar-refractivity contribution in [1.82, 2.24) is 10.2 Å². The summed E-state index contributed by atoms with van der Waals surface area (Å²) in [5.41, 5.74) is -0.0311. The van der Waals surface area contributed by atoms with E-state index in [9.17, 15) is 19.5 Å². The first-order valence-electron chi connectivity index (χ1n) is 10.1. The van der Waals surface area contributed by atoms with Gasteiger partial charge in [0.25, 0.3) is 0 Å². The molecule has 0 aromatic heterocycles. The summed E-state index contributed by atoms with van der Waals surface area (Å²) in [7, 11) is 0. The number of hydrogen-bond donors (Lipinski definition) is 2. The lowest BCUT2D eigenvalue weighted by Gasteiger charge is -2.39. The normalized spacial score (nSPS) is 32.1. The second-order valence-electron chi connectivity index (χ2n) is 8.87. The number of carbonyl (C=O) groups is 3. The van der Waals surface area contributed by atoms with Crippen molar-refractivity contribution >= 4 is 17.8 Å². The minimum absolute atomic E-state index is 0.0288. The van der Waals surface area contributed by atoms with Gasteiger partial charge in [0.15, 0.2) is 5.78 Å². The van der Waals surface area contributed by atoms with Crippen molar-refractivity contribution < 1.29 is 19.5 Å². The number of ketones is 1. The van der Waals surface area contributed by atoms with Crippen LogP contribution in [0.5, 0.6) is 0 Å². The lowest BCUT2D eigenvalue weighted by Crippen LogP contribution is -2.56.